The van der Waals surface area contributed by atoms with Gasteiger partial charge in [-0.3, -0.25) is 19.3 Å². The summed E-state index contributed by atoms with van der Waals surface area (Å²) < 4.78 is 51.3. The van der Waals surface area contributed by atoms with E-state index >= 15 is 0 Å². The molecule has 3 N–H and O–H groups in total. The lowest BCUT2D eigenvalue weighted by Crippen LogP contribution is -2.69. The van der Waals surface area contributed by atoms with E-state index in [1.807, 2.05) is 0 Å². The molecule has 12 heteroatoms. The molecule has 1 saturated heterocycles. The zero-order chi connectivity index (χ0) is 23.1. The Morgan fingerprint density at radius 3 is 2.69 bits per heavy atom. The molecule has 9 nitrogen and oxygen atoms in total. The van der Waals surface area contributed by atoms with Crippen LogP contribution in [-0.4, -0.2) is 45.3 Å². The molecule has 1 aliphatic rings. The van der Waals surface area contributed by atoms with E-state index in [1.54, 1.807) is 13.1 Å². The zero-order valence-electron chi connectivity index (χ0n) is 16.8. The van der Waals surface area contributed by atoms with Crippen molar-refractivity contribution in [1.29, 1.82) is 0 Å². The lowest BCUT2D eigenvalue weighted by atomic mass is 9.96. The number of carbonyl (C=O) groups is 2. The van der Waals surface area contributed by atoms with Gasteiger partial charge in [0.2, 0.25) is 5.91 Å². The van der Waals surface area contributed by atoms with Crippen LogP contribution in [0.2, 0.25) is 0 Å². The molecule has 1 fully saturated rings. The number of fused-ring (bicyclic) bond motifs is 1. The molecule has 0 aliphatic carbocycles. The van der Waals surface area contributed by atoms with Gasteiger partial charge in [-0.15, -0.1) is 0 Å². The Morgan fingerprint density at radius 1 is 1.31 bits per heavy atom. The summed E-state index contributed by atoms with van der Waals surface area (Å²) in [5, 5.41) is 7.24. The predicted molar refractivity (Wildman–Crippen MR) is 104 cm³/mol. The Hall–Kier alpha value is -3.67. The van der Waals surface area contributed by atoms with Crippen molar-refractivity contribution in [3.05, 3.63) is 53.5 Å². The molecule has 0 radical (unpaired) electrons. The van der Waals surface area contributed by atoms with Crippen molar-refractivity contribution in [2.45, 2.75) is 18.3 Å². The number of alkyl halides is 3. The van der Waals surface area contributed by atoms with Crippen molar-refractivity contribution in [2.24, 2.45) is 12.8 Å². The summed E-state index contributed by atoms with van der Waals surface area (Å²) in [6, 6.07) is 7.27. The van der Waals surface area contributed by atoms with Crippen LogP contribution in [-0.2, 0) is 29.4 Å². The SMILES string of the molecule is Cn1nc2ccc(OCc3cccnc3C(F)(F)F)cc2c1C(=O)NC1(C(N)=O)COC1. The van der Waals surface area contributed by atoms with Crippen LogP contribution in [0.5, 0.6) is 5.75 Å². The third-order valence-electron chi connectivity index (χ3n) is 5.10. The maximum atomic E-state index is 13.1. The normalized spacial score (nSPS) is 15.2. The molecule has 2 amide bonds. The Morgan fingerprint density at radius 2 is 2.06 bits per heavy atom. The maximum absolute atomic E-state index is 13.1. The molecule has 32 heavy (non-hydrogen) atoms. The number of primary amides is 1. The van der Waals surface area contributed by atoms with E-state index in [0.717, 1.165) is 6.20 Å². The monoisotopic (exact) mass is 449 g/mol. The molecule has 0 spiro atoms. The molecule has 0 unspecified atom stereocenters. The molecule has 0 atom stereocenters. The molecular weight excluding hydrogens is 431 g/mol. The van der Waals surface area contributed by atoms with Gasteiger partial charge in [0.25, 0.3) is 5.91 Å². The molecule has 2 aromatic heterocycles. The number of pyridine rings is 1. The Labute approximate surface area is 179 Å². The van der Waals surface area contributed by atoms with Gasteiger partial charge in [0, 0.05) is 24.2 Å². The molecule has 3 heterocycles. The predicted octanol–water partition coefficient (Wildman–Crippen LogP) is 1.55. The number of nitrogens with one attached hydrogen (secondary N) is 1. The fourth-order valence-corrected chi connectivity index (χ4v) is 3.37. The summed E-state index contributed by atoms with van der Waals surface area (Å²) in [7, 11) is 1.55. The van der Waals surface area contributed by atoms with Crippen molar-refractivity contribution in [1.82, 2.24) is 20.1 Å². The van der Waals surface area contributed by atoms with Crippen molar-refractivity contribution >= 4 is 22.7 Å². The highest BCUT2D eigenvalue weighted by Gasteiger charge is 2.46. The Bertz CT molecular complexity index is 1200. The van der Waals surface area contributed by atoms with Crippen LogP contribution in [0.1, 0.15) is 21.7 Å². The summed E-state index contributed by atoms with van der Waals surface area (Å²) in [4.78, 5) is 28.0. The molecule has 4 rings (SSSR count). The van der Waals surface area contributed by atoms with E-state index in [2.05, 4.69) is 15.4 Å². The zero-order valence-corrected chi connectivity index (χ0v) is 16.8. The van der Waals surface area contributed by atoms with Crippen LogP contribution in [0.3, 0.4) is 0 Å². The van der Waals surface area contributed by atoms with E-state index < -0.39 is 29.2 Å². The standard InChI is InChI=1S/C20H18F3N5O4/c1-28-15(17(29)26-19(18(24)30)9-31-10-19)13-7-12(4-5-14(13)27-28)32-8-11-3-2-6-25-16(11)20(21,22)23/h2-7H,8-10H2,1H3,(H2,24,30)(H,26,29). The number of aryl methyl sites for hydroxylation is 1. The molecular formula is C20H18F3N5O4. The second-order valence-electron chi connectivity index (χ2n) is 7.34. The van der Waals surface area contributed by atoms with Gasteiger partial charge in [-0.2, -0.15) is 18.3 Å². The average molecular weight is 449 g/mol. The van der Waals surface area contributed by atoms with Crippen LogP contribution < -0.4 is 15.8 Å². The lowest BCUT2D eigenvalue weighted by Gasteiger charge is -2.38. The number of rotatable bonds is 6. The van der Waals surface area contributed by atoms with Gasteiger partial charge in [0.05, 0.1) is 18.7 Å². The number of benzene rings is 1. The second-order valence-corrected chi connectivity index (χ2v) is 7.34. The summed E-state index contributed by atoms with van der Waals surface area (Å²) >= 11 is 0. The van der Waals surface area contributed by atoms with E-state index in [4.69, 9.17) is 15.2 Å². The highest BCUT2D eigenvalue weighted by atomic mass is 19.4. The Balaban J connectivity index is 1.60. The number of hydrogen-bond acceptors (Lipinski definition) is 6. The fraction of sp³-hybridized carbons (Fsp3) is 0.300. The summed E-state index contributed by atoms with van der Waals surface area (Å²) in [5.74, 6) is -1.08. The number of amides is 2. The smallest absolute Gasteiger partial charge is 0.433 e. The molecule has 0 saturated carbocycles. The minimum absolute atomic E-state index is 0.0368. The van der Waals surface area contributed by atoms with Gasteiger partial charge in [-0.1, -0.05) is 6.07 Å². The van der Waals surface area contributed by atoms with Crippen LogP contribution in [0.4, 0.5) is 13.2 Å². The van der Waals surface area contributed by atoms with Crippen molar-refractivity contribution in [3.8, 4) is 5.75 Å². The van der Waals surface area contributed by atoms with Gasteiger partial charge in [0.15, 0.2) is 11.2 Å². The van der Waals surface area contributed by atoms with Crippen molar-refractivity contribution < 1.29 is 32.2 Å². The van der Waals surface area contributed by atoms with Crippen LogP contribution in [0, 0.1) is 0 Å². The number of carbonyl (C=O) groups excluding carboxylic acids is 2. The topological polar surface area (TPSA) is 121 Å². The third kappa shape index (κ3) is 3.84. The van der Waals surface area contributed by atoms with Crippen LogP contribution in [0.15, 0.2) is 36.5 Å². The first kappa shape index (κ1) is 21.6. The van der Waals surface area contributed by atoms with Gasteiger partial charge >= 0.3 is 6.18 Å². The number of ether oxygens (including phenoxy) is 2. The van der Waals surface area contributed by atoms with E-state index in [1.165, 1.54) is 28.9 Å². The molecule has 1 aliphatic heterocycles. The van der Waals surface area contributed by atoms with Gasteiger partial charge in [-0.25, -0.2) is 0 Å². The summed E-state index contributed by atoms with van der Waals surface area (Å²) in [6.07, 6.45) is -3.55. The molecule has 168 valence electrons. The van der Waals surface area contributed by atoms with Gasteiger partial charge < -0.3 is 20.5 Å². The number of nitrogens with zero attached hydrogens (tertiary/aromatic N) is 3. The summed E-state index contributed by atoms with van der Waals surface area (Å²) in [6.45, 7) is -0.451. The molecule has 3 aromatic rings. The van der Waals surface area contributed by atoms with Crippen molar-refractivity contribution in [2.75, 3.05) is 13.2 Å². The van der Waals surface area contributed by atoms with Crippen molar-refractivity contribution in [3.63, 3.8) is 0 Å². The first-order chi connectivity index (χ1) is 15.1. The first-order valence-corrected chi connectivity index (χ1v) is 9.41. The summed E-state index contributed by atoms with van der Waals surface area (Å²) in [5.41, 5.74) is 3.53. The van der Waals surface area contributed by atoms with Crippen LogP contribution >= 0.6 is 0 Å². The number of halogens is 3. The van der Waals surface area contributed by atoms with Gasteiger partial charge in [-0.05, 0) is 24.3 Å². The van der Waals surface area contributed by atoms with Crippen LogP contribution in [0.25, 0.3) is 10.9 Å². The maximum Gasteiger partial charge on any atom is 0.433 e. The number of nitrogens with two attached hydrogens (primary N) is 1. The largest absolute Gasteiger partial charge is 0.489 e. The Kier molecular flexibility index (Phi) is 5.25. The second kappa shape index (κ2) is 7.79. The average Bonchev–Trinajstić information content (AvgIpc) is 3.03. The van der Waals surface area contributed by atoms with E-state index in [0.29, 0.717) is 10.9 Å². The third-order valence-corrected chi connectivity index (χ3v) is 5.10. The van der Waals surface area contributed by atoms with Gasteiger partial charge in [0.1, 0.15) is 18.1 Å². The lowest BCUT2D eigenvalue weighted by molar-refractivity contribution is -0.143. The number of hydrogen-bond donors (Lipinski definition) is 2. The fourth-order valence-electron chi connectivity index (χ4n) is 3.37. The quantitative estimate of drug-likeness (QED) is 0.589. The molecule has 1 aromatic carbocycles. The van der Waals surface area contributed by atoms with E-state index in [9.17, 15) is 22.8 Å². The minimum Gasteiger partial charge on any atom is -0.489 e. The number of aromatic nitrogens is 3. The van der Waals surface area contributed by atoms with E-state index in [-0.39, 0.29) is 36.8 Å². The molecule has 0 bridgehead atoms. The highest BCUT2D eigenvalue weighted by Crippen LogP contribution is 2.31. The minimum atomic E-state index is -4.61. The highest BCUT2D eigenvalue weighted by molar-refractivity contribution is 6.07. The first-order valence-electron chi connectivity index (χ1n) is 9.41.